The Bertz CT molecular complexity index is 185. The smallest absolute Gasteiger partial charge is 0.274 e. The van der Waals surface area contributed by atoms with E-state index in [1.807, 2.05) is 0 Å². The van der Waals surface area contributed by atoms with Gasteiger partial charge in [-0.3, -0.25) is 4.79 Å². The quantitative estimate of drug-likeness (QED) is 0.341. The fraction of sp³-hybridized carbons (Fsp3) is 0.400. The van der Waals surface area contributed by atoms with Crippen LogP contribution in [0.5, 0.6) is 0 Å². The number of allylic oxidation sites excluding steroid dienone is 1. The monoisotopic (exact) mass is 144 g/mol. The molecule has 0 aromatic heterocycles. The molecule has 0 heterocycles. The molecule has 0 saturated heterocycles. The van der Waals surface area contributed by atoms with Crippen molar-refractivity contribution < 1.29 is 9.90 Å². The van der Waals surface area contributed by atoms with Gasteiger partial charge in [0, 0.05) is 6.42 Å². The molecule has 0 aromatic carbocycles. The summed E-state index contributed by atoms with van der Waals surface area (Å²) in [6.07, 6.45) is 0.171. The summed E-state index contributed by atoms with van der Waals surface area (Å²) in [4.78, 5) is 20.0. The Morgan fingerprint density at radius 3 is 2.30 bits per heavy atom. The number of carbonyl (C=O) groups excluding carboxylic acids is 1. The molecule has 1 amide bonds. The van der Waals surface area contributed by atoms with Crippen LogP contribution in [0.15, 0.2) is 16.6 Å². The van der Waals surface area contributed by atoms with E-state index in [0.717, 1.165) is 0 Å². The Morgan fingerprint density at radius 1 is 1.70 bits per heavy atom. The maximum Gasteiger partial charge on any atom is 0.274 e. The van der Waals surface area contributed by atoms with E-state index in [1.165, 1.54) is 0 Å². The number of aliphatic hydroxyl groups is 1. The maximum absolute atomic E-state index is 10.2. The lowest BCUT2D eigenvalue weighted by Crippen LogP contribution is -2.14. The Labute approximate surface area is 57.5 Å². The fourth-order valence-electron chi connectivity index (χ4n) is 0.407. The minimum Gasteiger partial charge on any atom is -0.510 e. The van der Waals surface area contributed by atoms with Crippen LogP contribution in [0.4, 0.5) is 0 Å². The number of hydrogen-bond donors (Lipinski definition) is 2. The van der Waals surface area contributed by atoms with Gasteiger partial charge in [-0.25, -0.2) is 0 Å². The number of primary amides is 1. The minimum absolute atomic E-state index is 0.171. The second kappa shape index (κ2) is 3.60. The second-order valence-corrected chi connectivity index (χ2v) is 1.60. The van der Waals surface area contributed by atoms with E-state index in [4.69, 9.17) is 5.11 Å². The molecule has 0 radical (unpaired) electrons. The van der Waals surface area contributed by atoms with Crippen molar-refractivity contribution >= 4 is 5.91 Å². The molecule has 0 unspecified atom stereocenters. The van der Waals surface area contributed by atoms with Crippen LogP contribution < -0.4 is 5.73 Å². The molecule has 0 rings (SSSR count). The van der Waals surface area contributed by atoms with Gasteiger partial charge in [-0.15, -0.1) is 4.91 Å². The number of rotatable bonds is 3. The third-order valence-corrected chi connectivity index (χ3v) is 0.933. The SMILES string of the molecule is CCC(O)=C(N=O)C(N)=O. The number of amides is 1. The van der Waals surface area contributed by atoms with Gasteiger partial charge in [0.15, 0.2) is 0 Å². The van der Waals surface area contributed by atoms with Gasteiger partial charge in [0.1, 0.15) is 5.76 Å². The van der Waals surface area contributed by atoms with E-state index < -0.39 is 11.6 Å². The highest BCUT2D eigenvalue weighted by Gasteiger charge is 2.10. The van der Waals surface area contributed by atoms with Gasteiger partial charge in [0.05, 0.1) is 0 Å². The summed E-state index contributed by atoms with van der Waals surface area (Å²) in [6.45, 7) is 1.57. The number of nitrogens with zero attached hydrogens (tertiary/aromatic N) is 1. The molecular formula is C5H8N2O3. The number of carbonyl (C=O) groups is 1. The summed E-state index contributed by atoms with van der Waals surface area (Å²) in [7, 11) is 0. The van der Waals surface area contributed by atoms with Crippen molar-refractivity contribution in [1.29, 1.82) is 0 Å². The molecule has 0 aromatic rings. The minimum atomic E-state index is -1.01. The predicted molar refractivity (Wildman–Crippen MR) is 34.9 cm³/mol. The predicted octanol–water partition coefficient (Wildman–Crippen LogP) is 0.418. The summed E-state index contributed by atoms with van der Waals surface area (Å²) >= 11 is 0. The van der Waals surface area contributed by atoms with Gasteiger partial charge >= 0.3 is 0 Å². The van der Waals surface area contributed by atoms with Crippen molar-refractivity contribution in [3.8, 4) is 0 Å². The number of nitrogens with two attached hydrogens (primary N) is 1. The molecule has 0 aliphatic carbocycles. The Balaban J connectivity index is 4.62. The molecule has 0 aliphatic heterocycles. The third kappa shape index (κ3) is 1.85. The molecule has 3 N–H and O–H groups in total. The summed E-state index contributed by atoms with van der Waals surface area (Å²) in [5, 5.41) is 11.0. The van der Waals surface area contributed by atoms with Crippen LogP contribution in [0.3, 0.4) is 0 Å². The van der Waals surface area contributed by atoms with Gasteiger partial charge in [0.2, 0.25) is 5.70 Å². The Hall–Kier alpha value is -1.39. The zero-order valence-electron chi connectivity index (χ0n) is 5.50. The van der Waals surface area contributed by atoms with Crippen molar-refractivity contribution in [1.82, 2.24) is 0 Å². The Kier molecular flexibility index (Phi) is 3.10. The van der Waals surface area contributed by atoms with Crippen molar-refractivity contribution in [2.45, 2.75) is 13.3 Å². The van der Waals surface area contributed by atoms with E-state index in [-0.39, 0.29) is 12.2 Å². The summed E-state index contributed by atoms with van der Waals surface area (Å²) in [5.74, 6) is -1.38. The highest BCUT2D eigenvalue weighted by molar-refractivity contribution is 5.91. The maximum atomic E-state index is 10.2. The largest absolute Gasteiger partial charge is 0.510 e. The van der Waals surface area contributed by atoms with Crippen LogP contribution in [-0.2, 0) is 4.79 Å². The van der Waals surface area contributed by atoms with Crippen LogP contribution in [-0.4, -0.2) is 11.0 Å². The van der Waals surface area contributed by atoms with Gasteiger partial charge in [-0.05, 0) is 5.18 Å². The zero-order valence-corrected chi connectivity index (χ0v) is 5.50. The fourth-order valence-corrected chi connectivity index (χ4v) is 0.407. The molecule has 0 atom stereocenters. The average molecular weight is 144 g/mol. The number of nitroso groups, excluding NO2 is 1. The van der Waals surface area contributed by atoms with Crippen molar-refractivity contribution in [3.05, 3.63) is 16.4 Å². The summed E-state index contributed by atoms with van der Waals surface area (Å²) in [6, 6.07) is 0. The molecule has 56 valence electrons. The van der Waals surface area contributed by atoms with E-state index in [2.05, 4.69) is 10.9 Å². The van der Waals surface area contributed by atoms with Crippen molar-refractivity contribution in [2.75, 3.05) is 0 Å². The molecular weight excluding hydrogens is 136 g/mol. The van der Waals surface area contributed by atoms with Gasteiger partial charge in [-0.1, -0.05) is 6.92 Å². The third-order valence-electron chi connectivity index (χ3n) is 0.933. The van der Waals surface area contributed by atoms with Crippen LogP contribution in [0.25, 0.3) is 0 Å². The van der Waals surface area contributed by atoms with E-state index in [1.54, 1.807) is 6.92 Å². The van der Waals surface area contributed by atoms with Gasteiger partial charge in [-0.2, -0.15) is 0 Å². The van der Waals surface area contributed by atoms with E-state index in [0.29, 0.717) is 0 Å². The zero-order chi connectivity index (χ0) is 8.15. The van der Waals surface area contributed by atoms with Crippen LogP contribution in [0.2, 0.25) is 0 Å². The molecule has 0 saturated carbocycles. The summed E-state index contributed by atoms with van der Waals surface area (Å²) in [5.41, 5.74) is 4.08. The summed E-state index contributed by atoms with van der Waals surface area (Å²) < 4.78 is 0. The normalized spacial score (nSPS) is 12.1. The first-order valence-corrected chi connectivity index (χ1v) is 2.68. The van der Waals surface area contributed by atoms with Gasteiger partial charge in [0.25, 0.3) is 5.91 Å². The molecule has 0 aliphatic rings. The molecule has 0 fully saturated rings. The van der Waals surface area contributed by atoms with Gasteiger partial charge < -0.3 is 10.8 Å². The highest BCUT2D eigenvalue weighted by Crippen LogP contribution is 2.04. The lowest BCUT2D eigenvalue weighted by atomic mass is 10.3. The first-order valence-electron chi connectivity index (χ1n) is 2.68. The average Bonchev–Trinajstić information content (AvgIpc) is 1.88. The lowest BCUT2D eigenvalue weighted by Gasteiger charge is -1.94. The Morgan fingerprint density at radius 2 is 2.20 bits per heavy atom. The lowest BCUT2D eigenvalue weighted by molar-refractivity contribution is -0.114. The molecule has 10 heavy (non-hydrogen) atoms. The number of aliphatic hydroxyl groups excluding tert-OH is 1. The van der Waals surface area contributed by atoms with Crippen molar-refractivity contribution in [3.63, 3.8) is 0 Å². The van der Waals surface area contributed by atoms with E-state index in [9.17, 15) is 9.70 Å². The topological polar surface area (TPSA) is 92.8 Å². The molecule has 5 heteroatoms. The first-order chi connectivity index (χ1) is 4.63. The van der Waals surface area contributed by atoms with E-state index >= 15 is 0 Å². The number of hydrogen-bond acceptors (Lipinski definition) is 4. The first kappa shape index (κ1) is 8.61. The van der Waals surface area contributed by atoms with Crippen LogP contribution in [0.1, 0.15) is 13.3 Å². The highest BCUT2D eigenvalue weighted by atomic mass is 16.3. The molecule has 5 nitrogen and oxygen atoms in total. The van der Waals surface area contributed by atoms with Crippen LogP contribution in [0, 0.1) is 4.91 Å². The second-order valence-electron chi connectivity index (χ2n) is 1.60. The molecule has 0 bridgehead atoms. The van der Waals surface area contributed by atoms with Crippen LogP contribution >= 0.6 is 0 Å². The standard InChI is InChI=1S/C5H8N2O3/c1-2-3(8)4(7-10)5(6)9/h8H,2H2,1H3,(H2,6,9). The molecule has 0 spiro atoms. The van der Waals surface area contributed by atoms with Crippen molar-refractivity contribution in [2.24, 2.45) is 10.9 Å².